The fraction of sp³-hybridized carbons (Fsp3) is 0.250. The molecule has 0 unspecified atom stereocenters. The molecule has 0 saturated heterocycles. The molecule has 0 amide bonds. The van der Waals surface area contributed by atoms with Gasteiger partial charge in [-0.2, -0.15) is 0 Å². The van der Waals surface area contributed by atoms with Gasteiger partial charge >= 0.3 is 0 Å². The zero-order chi connectivity index (χ0) is 12.3. The van der Waals surface area contributed by atoms with Crippen molar-refractivity contribution in [1.82, 2.24) is 15.0 Å². The molecule has 0 spiro atoms. The first-order valence-corrected chi connectivity index (χ1v) is 5.79. The molecule has 0 radical (unpaired) electrons. The summed E-state index contributed by atoms with van der Waals surface area (Å²) >= 11 is 5.99. The maximum absolute atomic E-state index is 12.2. The number of ketones is 1. The van der Waals surface area contributed by atoms with Crippen molar-refractivity contribution < 1.29 is 4.79 Å². The Morgan fingerprint density at radius 3 is 2.88 bits per heavy atom. The van der Waals surface area contributed by atoms with E-state index < -0.39 is 0 Å². The van der Waals surface area contributed by atoms with Gasteiger partial charge in [0.2, 0.25) is 5.78 Å². The van der Waals surface area contributed by atoms with Crippen molar-refractivity contribution in [1.29, 1.82) is 0 Å². The van der Waals surface area contributed by atoms with Gasteiger partial charge in [-0.1, -0.05) is 35.9 Å². The fourth-order valence-electron chi connectivity index (χ4n) is 1.59. The van der Waals surface area contributed by atoms with E-state index in [1.807, 2.05) is 6.92 Å². The number of aromatic nitrogens is 3. The Labute approximate surface area is 104 Å². The molecule has 0 N–H and O–H groups in total. The lowest BCUT2D eigenvalue weighted by Gasteiger charge is -2.05. The molecule has 5 heteroatoms. The molecular weight excluding hydrogens is 238 g/mol. The molecule has 17 heavy (non-hydrogen) atoms. The van der Waals surface area contributed by atoms with Gasteiger partial charge in [-0.25, -0.2) is 4.68 Å². The van der Waals surface area contributed by atoms with E-state index in [1.165, 1.54) is 6.20 Å². The van der Waals surface area contributed by atoms with Gasteiger partial charge in [-0.3, -0.25) is 4.79 Å². The number of rotatable bonds is 4. The van der Waals surface area contributed by atoms with Crippen LogP contribution in [0.3, 0.4) is 0 Å². The number of carbonyl (C=O) groups is 1. The smallest absolute Gasteiger partial charge is 0.214 e. The van der Waals surface area contributed by atoms with Crippen LogP contribution in [0, 0.1) is 0 Å². The molecule has 1 heterocycles. The summed E-state index contributed by atoms with van der Waals surface area (Å²) in [5.74, 6) is -0.144. The Hall–Kier alpha value is -1.68. The van der Waals surface area contributed by atoms with Crippen LogP contribution in [0.25, 0.3) is 0 Å². The number of aryl methyl sites for hydroxylation is 1. The molecule has 1 aromatic heterocycles. The minimum atomic E-state index is -0.144. The molecule has 0 aliphatic rings. The molecule has 1 aromatic carbocycles. The lowest BCUT2D eigenvalue weighted by molar-refractivity contribution is 0.102. The van der Waals surface area contributed by atoms with Crippen LogP contribution >= 0.6 is 11.6 Å². The third kappa shape index (κ3) is 2.36. The van der Waals surface area contributed by atoms with E-state index in [2.05, 4.69) is 10.3 Å². The highest BCUT2D eigenvalue weighted by Gasteiger charge is 2.17. The van der Waals surface area contributed by atoms with Gasteiger partial charge in [-0.05, 0) is 18.6 Å². The Bertz CT molecular complexity index is 536. The van der Waals surface area contributed by atoms with Crippen LogP contribution in [0.2, 0.25) is 5.02 Å². The summed E-state index contributed by atoms with van der Waals surface area (Å²) in [6.07, 6.45) is 2.37. The van der Waals surface area contributed by atoms with Crippen molar-refractivity contribution in [3.63, 3.8) is 0 Å². The van der Waals surface area contributed by atoms with E-state index >= 15 is 0 Å². The molecule has 2 aromatic rings. The SMILES string of the molecule is CCCn1nncc1C(=O)c1ccccc1Cl. The predicted molar refractivity (Wildman–Crippen MR) is 65.2 cm³/mol. The standard InChI is InChI=1S/C12H12ClN3O/c1-2-7-16-11(8-14-15-16)12(17)9-5-3-4-6-10(9)13/h3-6,8H,2,7H2,1H3. The quantitative estimate of drug-likeness (QED) is 0.783. The van der Waals surface area contributed by atoms with Crippen LogP contribution in [0.5, 0.6) is 0 Å². The van der Waals surface area contributed by atoms with E-state index in [4.69, 9.17) is 11.6 Å². The average Bonchev–Trinajstić information content (AvgIpc) is 2.78. The van der Waals surface area contributed by atoms with E-state index in [9.17, 15) is 4.79 Å². The first-order valence-electron chi connectivity index (χ1n) is 5.41. The summed E-state index contributed by atoms with van der Waals surface area (Å²) < 4.78 is 1.60. The maximum Gasteiger partial charge on any atom is 0.214 e. The topological polar surface area (TPSA) is 47.8 Å². The van der Waals surface area contributed by atoms with Crippen LogP contribution < -0.4 is 0 Å². The van der Waals surface area contributed by atoms with Crippen LogP contribution in [-0.2, 0) is 6.54 Å². The summed E-state index contributed by atoms with van der Waals surface area (Å²) in [6.45, 7) is 2.69. The summed E-state index contributed by atoms with van der Waals surface area (Å²) in [5, 5.41) is 8.10. The lowest BCUT2D eigenvalue weighted by atomic mass is 10.1. The van der Waals surface area contributed by atoms with Gasteiger partial charge in [-0.15, -0.1) is 5.10 Å². The summed E-state index contributed by atoms with van der Waals surface area (Å²) in [6, 6.07) is 6.98. The predicted octanol–water partition coefficient (Wildman–Crippen LogP) is 2.57. The van der Waals surface area contributed by atoms with Gasteiger partial charge in [0.25, 0.3) is 0 Å². The number of nitrogens with zero attached hydrogens (tertiary/aromatic N) is 3. The highest BCUT2D eigenvalue weighted by atomic mass is 35.5. The van der Waals surface area contributed by atoms with Gasteiger partial charge in [0, 0.05) is 12.1 Å². The van der Waals surface area contributed by atoms with Crippen LogP contribution in [0.1, 0.15) is 29.4 Å². The molecular formula is C12H12ClN3O. The third-order valence-electron chi connectivity index (χ3n) is 2.40. The molecule has 0 atom stereocenters. The zero-order valence-corrected chi connectivity index (χ0v) is 10.2. The second-order valence-corrected chi connectivity index (χ2v) is 4.06. The van der Waals surface area contributed by atoms with Crippen LogP contribution in [0.15, 0.2) is 30.5 Å². The van der Waals surface area contributed by atoms with Gasteiger partial charge in [0.1, 0.15) is 5.69 Å². The Morgan fingerprint density at radius 1 is 1.41 bits per heavy atom. The summed E-state index contributed by atoms with van der Waals surface area (Å²) in [7, 11) is 0. The Balaban J connectivity index is 2.37. The average molecular weight is 250 g/mol. The second kappa shape index (κ2) is 5.10. The Morgan fingerprint density at radius 2 is 2.18 bits per heavy atom. The fourth-order valence-corrected chi connectivity index (χ4v) is 1.82. The van der Waals surface area contributed by atoms with Crippen molar-refractivity contribution in [2.45, 2.75) is 19.9 Å². The first kappa shape index (κ1) is 11.8. The summed E-state index contributed by atoms with van der Waals surface area (Å²) in [4.78, 5) is 12.2. The Kier molecular flexibility index (Phi) is 3.54. The van der Waals surface area contributed by atoms with Gasteiger partial charge < -0.3 is 0 Å². The van der Waals surface area contributed by atoms with Crippen molar-refractivity contribution in [2.75, 3.05) is 0 Å². The molecule has 0 saturated carbocycles. The number of benzene rings is 1. The summed E-state index contributed by atoms with van der Waals surface area (Å²) in [5.41, 5.74) is 0.953. The first-order chi connectivity index (χ1) is 8.24. The van der Waals surface area contributed by atoms with Crippen molar-refractivity contribution >= 4 is 17.4 Å². The molecule has 0 fully saturated rings. The lowest BCUT2D eigenvalue weighted by Crippen LogP contribution is -2.11. The molecule has 88 valence electrons. The minimum absolute atomic E-state index is 0.144. The highest BCUT2D eigenvalue weighted by Crippen LogP contribution is 2.18. The number of carbonyl (C=O) groups excluding carboxylic acids is 1. The zero-order valence-electron chi connectivity index (χ0n) is 9.43. The van der Waals surface area contributed by atoms with Crippen LogP contribution in [0.4, 0.5) is 0 Å². The third-order valence-corrected chi connectivity index (χ3v) is 2.73. The molecule has 0 aliphatic carbocycles. The molecule has 0 aliphatic heterocycles. The molecule has 4 nitrogen and oxygen atoms in total. The van der Waals surface area contributed by atoms with E-state index in [0.717, 1.165) is 6.42 Å². The number of hydrogen-bond acceptors (Lipinski definition) is 3. The van der Waals surface area contributed by atoms with E-state index in [-0.39, 0.29) is 5.78 Å². The molecule has 0 bridgehead atoms. The van der Waals surface area contributed by atoms with E-state index in [1.54, 1.807) is 28.9 Å². The maximum atomic E-state index is 12.2. The second-order valence-electron chi connectivity index (χ2n) is 3.65. The van der Waals surface area contributed by atoms with Crippen LogP contribution in [-0.4, -0.2) is 20.8 Å². The number of halogens is 1. The largest absolute Gasteiger partial charge is 0.287 e. The van der Waals surface area contributed by atoms with Gasteiger partial charge in [0.05, 0.1) is 11.2 Å². The number of hydrogen-bond donors (Lipinski definition) is 0. The molecule has 2 rings (SSSR count). The van der Waals surface area contributed by atoms with Crippen molar-refractivity contribution in [2.24, 2.45) is 0 Å². The van der Waals surface area contributed by atoms with Gasteiger partial charge in [0.15, 0.2) is 0 Å². The van der Waals surface area contributed by atoms with Crippen molar-refractivity contribution in [3.05, 3.63) is 46.7 Å². The van der Waals surface area contributed by atoms with E-state index in [0.29, 0.717) is 22.8 Å². The van der Waals surface area contributed by atoms with Crippen molar-refractivity contribution in [3.8, 4) is 0 Å². The monoisotopic (exact) mass is 249 g/mol. The normalized spacial score (nSPS) is 10.5. The minimum Gasteiger partial charge on any atom is -0.287 e. The highest BCUT2D eigenvalue weighted by molar-refractivity contribution is 6.34.